The average molecular weight is 413 g/mol. The van der Waals surface area contributed by atoms with E-state index in [0.29, 0.717) is 10.7 Å². The molecule has 0 unspecified atom stereocenters. The maximum Gasteiger partial charge on any atom is 0.258 e. The molecule has 3 nitrogen and oxygen atoms in total. The maximum absolute atomic E-state index is 13.0. The number of thiophene rings is 1. The maximum atomic E-state index is 13.0. The molecule has 29 heavy (non-hydrogen) atoms. The van der Waals surface area contributed by atoms with Crippen LogP contribution in [0.2, 0.25) is 0 Å². The number of carbonyl (C=O) groups is 1. The van der Waals surface area contributed by atoms with E-state index >= 15 is 0 Å². The lowest BCUT2D eigenvalue weighted by molar-refractivity contribution is 0.102. The van der Waals surface area contributed by atoms with E-state index in [1.165, 1.54) is 11.3 Å². The molecule has 0 fully saturated rings. The van der Waals surface area contributed by atoms with Crippen LogP contribution in [0.1, 0.15) is 10.4 Å². The van der Waals surface area contributed by atoms with Crippen molar-refractivity contribution in [2.75, 3.05) is 5.32 Å². The molecule has 2 aromatic heterocycles. The highest BCUT2D eigenvalue weighted by atomic mass is 32.1. The van der Waals surface area contributed by atoms with Gasteiger partial charge in [0.15, 0.2) is 5.13 Å². The number of amides is 1. The summed E-state index contributed by atoms with van der Waals surface area (Å²) in [5, 5.41) is 7.64. The number of nitrogens with zero attached hydrogens (tertiary/aromatic N) is 1. The molecule has 5 aromatic rings. The zero-order valence-electron chi connectivity index (χ0n) is 15.3. The second kappa shape index (κ2) is 7.62. The molecule has 0 aliphatic carbocycles. The minimum atomic E-state index is -0.145. The van der Waals surface area contributed by atoms with Crippen LogP contribution in [0.3, 0.4) is 0 Å². The van der Waals surface area contributed by atoms with Crippen LogP contribution in [-0.4, -0.2) is 10.9 Å². The molecule has 0 aliphatic rings. The molecule has 3 aromatic carbocycles. The third-order valence-electron chi connectivity index (χ3n) is 4.67. The van der Waals surface area contributed by atoms with E-state index in [9.17, 15) is 4.79 Å². The molecule has 0 saturated heterocycles. The Morgan fingerprint density at radius 2 is 1.62 bits per heavy atom. The number of anilines is 1. The molecule has 1 N–H and O–H groups in total. The fourth-order valence-corrected chi connectivity index (χ4v) is 5.09. The van der Waals surface area contributed by atoms with Crippen LogP contribution in [0.4, 0.5) is 5.13 Å². The van der Waals surface area contributed by atoms with Crippen LogP contribution in [0, 0.1) is 0 Å². The largest absolute Gasteiger partial charge is 0.298 e. The summed E-state index contributed by atoms with van der Waals surface area (Å²) in [5.41, 5.74) is 2.65. The third kappa shape index (κ3) is 3.46. The van der Waals surface area contributed by atoms with Gasteiger partial charge in [-0.2, -0.15) is 0 Å². The van der Waals surface area contributed by atoms with Gasteiger partial charge in [0.25, 0.3) is 5.91 Å². The molecule has 0 saturated carbocycles. The highest BCUT2D eigenvalue weighted by Crippen LogP contribution is 2.40. The summed E-state index contributed by atoms with van der Waals surface area (Å²) >= 11 is 3.15. The second-order valence-electron chi connectivity index (χ2n) is 6.52. The molecule has 1 amide bonds. The van der Waals surface area contributed by atoms with Crippen molar-refractivity contribution >= 4 is 44.5 Å². The van der Waals surface area contributed by atoms with Gasteiger partial charge in [-0.05, 0) is 33.8 Å². The first-order valence-corrected chi connectivity index (χ1v) is 10.9. The van der Waals surface area contributed by atoms with E-state index in [0.717, 1.165) is 31.8 Å². The number of thiazole rings is 1. The molecule has 0 spiro atoms. The zero-order valence-corrected chi connectivity index (χ0v) is 17.0. The number of rotatable bonds is 4. The first-order chi connectivity index (χ1) is 14.3. The van der Waals surface area contributed by atoms with Crippen molar-refractivity contribution in [2.45, 2.75) is 0 Å². The number of carbonyl (C=O) groups excluding carboxylic acids is 1. The van der Waals surface area contributed by atoms with Crippen LogP contribution in [0.5, 0.6) is 0 Å². The van der Waals surface area contributed by atoms with Gasteiger partial charge in [-0.1, -0.05) is 84.1 Å². The van der Waals surface area contributed by atoms with Crippen molar-refractivity contribution in [2.24, 2.45) is 0 Å². The Kier molecular flexibility index (Phi) is 4.68. The molecular formula is C24H16N2OS2. The Morgan fingerprint density at radius 3 is 2.45 bits per heavy atom. The molecular weight excluding hydrogens is 396 g/mol. The molecule has 5 heteroatoms. The van der Waals surface area contributed by atoms with E-state index in [4.69, 9.17) is 4.98 Å². The molecule has 2 heterocycles. The Bertz CT molecular complexity index is 1290. The number of hydrogen-bond donors (Lipinski definition) is 1. The van der Waals surface area contributed by atoms with Gasteiger partial charge in [0.05, 0.1) is 9.75 Å². The summed E-state index contributed by atoms with van der Waals surface area (Å²) in [6.07, 6.45) is 0. The molecule has 0 aliphatic heterocycles. The van der Waals surface area contributed by atoms with E-state index in [2.05, 4.69) is 23.5 Å². The monoisotopic (exact) mass is 412 g/mol. The van der Waals surface area contributed by atoms with Crippen LogP contribution in [-0.2, 0) is 0 Å². The smallest absolute Gasteiger partial charge is 0.258 e. The molecule has 0 bridgehead atoms. The Hall–Kier alpha value is -3.28. The van der Waals surface area contributed by atoms with Gasteiger partial charge in [0, 0.05) is 5.56 Å². The van der Waals surface area contributed by atoms with Crippen LogP contribution >= 0.6 is 22.7 Å². The standard InChI is InChI=1S/C24H16N2OS2/c27-23(19-13-6-11-16-8-4-5-12-18(16)19)26-24-25-21(20-14-7-15-28-20)22(29-24)17-9-2-1-3-10-17/h1-15H,(H,25,26,27). The van der Waals surface area contributed by atoms with Crippen molar-refractivity contribution in [3.8, 4) is 21.0 Å². The van der Waals surface area contributed by atoms with Crippen molar-refractivity contribution in [1.82, 2.24) is 4.98 Å². The van der Waals surface area contributed by atoms with E-state index in [1.807, 2.05) is 72.1 Å². The number of hydrogen-bond acceptors (Lipinski definition) is 4. The van der Waals surface area contributed by atoms with Gasteiger partial charge in [-0.3, -0.25) is 10.1 Å². The fraction of sp³-hybridized carbons (Fsp3) is 0. The minimum absolute atomic E-state index is 0.145. The van der Waals surface area contributed by atoms with E-state index in [-0.39, 0.29) is 5.91 Å². The van der Waals surface area contributed by atoms with Crippen molar-refractivity contribution in [1.29, 1.82) is 0 Å². The molecule has 5 rings (SSSR count). The number of fused-ring (bicyclic) bond motifs is 1. The van der Waals surface area contributed by atoms with Gasteiger partial charge in [0.1, 0.15) is 5.69 Å². The predicted molar refractivity (Wildman–Crippen MR) is 123 cm³/mol. The molecule has 140 valence electrons. The summed E-state index contributed by atoms with van der Waals surface area (Å²) in [7, 11) is 0. The number of nitrogens with one attached hydrogen (secondary N) is 1. The highest BCUT2D eigenvalue weighted by molar-refractivity contribution is 7.20. The highest BCUT2D eigenvalue weighted by Gasteiger charge is 2.18. The Morgan fingerprint density at radius 1 is 0.828 bits per heavy atom. The zero-order chi connectivity index (χ0) is 19.6. The van der Waals surface area contributed by atoms with Gasteiger partial charge in [0.2, 0.25) is 0 Å². The normalized spacial score (nSPS) is 10.9. The lowest BCUT2D eigenvalue weighted by Gasteiger charge is -2.05. The van der Waals surface area contributed by atoms with Crippen LogP contribution in [0.15, 0.2) is 90.3 Å². The Labute approximate surface area is 176 Å². The average Bonchev–Trinajstić information content (AvgIpc) is 3.44. The van der Waals surface area contributed by atoms with Crippen molar-refractivity contribution in [3.05, 3.63) is 95.9 Å². The van der Waals surface area contributed by atoms with Crippen molar-refractivity contribution < 1.29 is 4.79 Å². The van der Waals surface area contributed by atoms with Gasteiger partial charge >= 0.3 is 0 Å². The topological polar surface area (TPSA) is 42.0 Å². The van der Waals surface area contributed by atoms with Crippen molar-refractivity contribution in [3.63, 3.8) is 0 Å². The predicted octanol–water partition coefficient (Wildman–Crippen LogP) is 6.94. The second-order valence-corrected chi connectivity index (χ2v) is 8.47. The fourth-order valence-electron chi connectivity index (χ4n) is 3.33. The van der Waals surface area contributed by atoms with Crippen LogP contribution < -0.4 is 5.32 Å². The summed E-state index contributed by atoms with van der Waals surface area (Å²) < 4.78 is 0. The van der Waals surface area contributed by atoms with Gasteiger partial charge in [-0.15, -0.1) is 11.3 Å². The quantitative estimate of drug-likeness (QED) is 0.347. The summed E-state index contributed by atoms with van der Waals surface area (Å²) in [5.74, 6) is -0.145. The first-order valence-electron chi connectivity index (χ1n) is 9.19. The first kappa shape index (κ1) is 17.8. The number of benzene rings is 3. The minimum Gasteiger partial charge on any atom is -0.298 e. The van der Waals surface area contributed by atoms with E-state index in [1.54, 1.807) is 11.3 Å². The van der Waals surface area contributed by atoms with Crippen LogP contribution in [0.25, 0.3) is 31.8 Å². The van der Waals surface area contributed by atoms with E-state index < -0.39 is 0 Å². The summed E-state index contributed by atoms with van der Waals surface area (Å²) in [6, 6.07) is 27.9. The van der Waals surface area contributed by atoms with Gasteiger partial charge < -0.3 is 0 Å². The lowest BCUT2D eigenvalue weighted by Crippen LogP contribution is -2.12. The van der Waals surface area contributed by atoms with Gasteiger partial charge in [-0.25, -0.2) is 4.98 Å². The number of aromatic nitrogens is 1. The third-order valence-corrected chi connectivity index (χ3v) is 6.57. The lowest BCUT2D eigenvalue weighted by atomic mass is 10.0. The summed E-state index contributed by atoms with van der Waals surface area (Å²) in [4.78, 5) is 19.9. The molecule has 0 atom stereocenters. The Balaban J connectivity index is 1.54. The SMILES string of the molecule is O=C(Nc1nc(-c2cccs2)c(-c2ccccc2)s1)c1cccc2ccccc12. The molecule has 0 radical (unpaired) electrons. The summed E-state index contributed by atoms with van der Waals surface area (Å²) in [6.45, 7) is 0.